The number of morpholine rings is 1. The number of carbonyl (C=O) groups excluding carboxylic acids is 1. The van der Waals surface area contributed by atoms with Gasteiger partial charge in [0.15, 0.2) is 11.5 Å². The molecule has 1 aliphatic heterocycles. The van der Waals surface area contributed by atoms with Crippen LogP contribution in [0.25, 0.3) is 22.4 Å². The molecule has 0 unspecified atom stereocenters. The number of nitrogens with one attached hydrogen (secondary N) is 3. The number of amides is 2. The van der Waals surface area contributed by atoms with Crippen LogP contribution in [0.2, 0.25) is 0 Å². The lowest BCUT2D eigenvalue weighted by molar-refractivity contribution is 0.122. The summed E-state index contributed by atoms with van der Waals surface area (Å²) >= 11 is 0. The van der Waals surface area contributed by atoms with Crippen LogP contribution in [0.15, 0.2) is 48.8 Å². The first kappa shape index (κ1) is 19.8. The number of urea groups is 1. The monoisotopic (exact) mass is 434 g/mol. The Morgan fingerprint density at radius 3 is 2.50 bits per heavy atom. The van der Waals surface area contributed by atoms with Crippen LogP contribution in [0.1, 0.15) is 0 Å². The van der Waals surface area contributed by atoms with E-state index >= 15 is 0 Å². The number of benzene rings is 1. The lowest BCUT2D eigenvalue weighted by Gasteiger charge is -2.28. The molecule has 0 saturated carbocycles. The highest BCUT2D eigenvalue weighted by Crippen LogP contribution is 2.27. The van der Waals surface area contributed by atoms with Gasteiger partial charge in [-0.15, -0.1) is 0 Å². The number of pyridine rings is 1. The van der Waals surface area contributed by atoms with Crippen molar-refractivity contribution in [3.63, 3.8) is 0 Å². The number of hydrogen-bond donors (Lipinski definition) is 3. The third-order valence-electron chi connectivity index (χ3n) is 4.99. The zero-order chi connectivity index (χ0) is 21.9. The summed E-state index contributed by atoms with van der Waals surface area (Å²) in [5, 5.41) is 13.2. The molecule has 0 atom stereocenters. The number of H-pyrrole nitrogens is 1. The maximum atomic E-state index is 12.9. The number of rotatable bonds is 4. The summed E-state index contributed by atoms with van der Waals surface area (Å²) in [7, 11) is 0. The normalized spacial score (nSPS) is 13.8. The molecule has 3 aromatic heterocycles. The van der Waals surface area contributed by atoms with Crippen LogP contribution in [0.3, 0.4) is 0 Å². The van der Waals surface area contributed by atoms with E-state index in [0.29, 0.717) is 36.1 Å². The number of halogens is 1. The lowest BCUT2D eigenvalue weighted by atomic mass is 10.2. The molecule has 0 aliphatic carbocycles. The molecule has 0 radical (unpaired) electrons. The van der Waals surface area contributed by atoms with Crippen molar-refractivity contribution in [1.29, 1.82) is 0 Å². The smallest absolute Gasteiger partial charge is 0.323 e. The number of nitrogens with zero attached hydrogens (tertiary/aromatic N) is 5. The van der Waals surface area contributed by atoms with Crippen molar-refractivity contribution in [2.45, 2.75) is 0 Å². The van der Waals surface area contributed by atoms with E-state index in [1.165, 1.54) is 18.3 Å². The molecule has 2 amide bonds. The van der Waals surface area contributed by atoms with Gasteiger partial charge >= 0.3 is 6.03 Å². The van der Waals surface area contributed by atoms with E-state index in [2.05, 4.69) is 35.7 Å². The fourth-order valence-corrected chi connectivity index (χ4v) is 3.41. The number of aromatic nitrogens is 5. The molecule has 10 nitrogen and oxygen atoms in total. The van der Waals surface area contributed by atoms with Crippen LogP contribution >= 0.6 is 0 Å². The summed E-state index contributed by atoms with van der Waals surface area (Å²) < 4.78 is 18.3. The van der Waals surface area contributed by atoms with Crippen LogP contribution in [0.5, 0.6) is 0 Å². The van der Waals surface area contributed by atoms with Gasteiger partial charge in [0.1, 0.15) is 5.82 Å². The van der Waals surface area contributed by atoms with E-state index in [1.807, 2.05) is 12.1 Å². The van der Waals surface area contributed by atoms with Gasteiger partial charge in [0.25, 0.3) is 0 Å². The average molecular weight is 434 g/mol. The van der Waals surface area contributed by atoms with E-state index in [1.54, 1.807) is 18.3 Å². The number of carbonyl (C=O) groups is 1. The van der Waals surface area contributed by atoms with Gasteiger partial charge in [0.05, 0.1) is 36.7 Å². The van der Waals surface area contributed by atoms with Gasteiger partial charge < -0.3 is 20.3 Å². The second-order valence-electron chi connectivity index (χ2n) is 7.13. The van der Waals surface area contributed by atoms with Crippen molar-refractivity contribution in [2.24, 2.45) is 0 Å². The minimum Gasteiger partial charge on any atom is -0.378 e. The molecular weight excluding hydrogens is 415 g/mol. The first-order valence-electron chi connectivity index (χ1n) is 9.99. The Morgan fingerprint density at radius 1 is 1.00 bits per heavy atom. The Balaban J connectivity index is 1.34. The van der Waals surface area contributed by atoms with Gasteiger partial charge in [-0.05, 0) is 36.4 Å². The second-order valence-corrected chi connectivity index (χ2v) is 7.13. The predicted octanol–water partition coefficient (Wildman–Crippen LogP) is 3.03. The Hall–Kier alpha value is -4.12. The molecule has 0 spiro atoms. The zero-order valence-corrected chi connectivity index (χ0v) is 16.9. The van der Waals surface area contributed by atoms with Crippen molar-refractivity contribution in [3.8, 4) is 11.4 Å². The molecule has 11 heteroatoms. The summed E-state index contributed by atoms with van der Waals surface area (Å²) in [5.41, 5.74) is 2.42. The van der Waals surface area contributed by atoms with Crippen molar-refractivity contribution in [2.75, 3.05) is 41.8 Å². The molecule has 1 fully saturated rings. The van der Waals surface area contributed by atoms with E-state index in [-0.39, 0.29) is 0 Å². The number of aromatic amines is 1. The maximum Gasteiger partial charge on any atom is 0.323 e. The molecule has 1 aromatic carbocycles. The number of hydrogen-bond acceptors (Lipinski definition) is 7. The van der Waals surface area contributed by atoms with Crippen molar-refractivity contribution in [1.82, 2.24) is 25.1 Å². The van der Waals surface area contributed by atoms with Crippen LogP contribution in [-0.4, -0.2) is 57.5 Å². The quantitative estimate of drug-likeness (QED) is 0.422. The molecule has 0 bridgehead atoms. The summed E-state index contributed by atoms with van der Waals surface area (Å²) in [5.74, 6) is 0.757. The first-order valence-corrected chi connectivity index (χ1v) is 9.99. The summed E-state index contributed by atoms with van der Waals surface area (Å²) in [6.07, 6.45) is 2.97. The molecule has 162 valence electrons. The highest BCUT2D eigenvalue weighted by molar-refractivity contribution is 5.99. The third-order valence-corrected chi connectivity index (χ3v) is 4.99. The van der Waals surface area contributed by atoms with E-state index in [4.69, 9.17) is 9.72 Å². The van der Waals surface area contributed by atoms with E-state index < -0.39 is 12.0 Å². The highest BCUT2D eigenvalue weighted by atomic mass is 19.1. The number of anilines is 3. The minimum atomic E-state index is -0.612. The molecule has 1 aliphatic rings. The van der Waals surface area contributed by atoms with Crippen molar-refractivity contribution >= 4 is 34.3 Å². The van der Waals surface area contributed by atoms with Crippen LogP contribution < -0.4 is 15.5 Å². The fraction of sp³-hybridized carbons (Fsp3) is 0.190. The highest BCUT2D eigenvalue weighted by Gasteiger charge is 2.19. The van der Waals surface area contributed by atoms with Gasteiger partial charge in [0, 0.05) is 24.3 Å². The van der Waals surface area contributed by atoms with Gasteiger partial charge in [-0.1, -0.05) is 0 Å². The SMILES string of the molecule is O=C(Nc1ccc(-c2nc(N3CCOCC3)c3cn[nH]c3n2)cc1)Nc1ccc(F)nc1. The Morgan fingerprint density at radius 2 is 1.75 bits per heavy atom. The van der Waals surface area contributed by atoms with Crippen molar-refractivity contribution < 1.29 is 13.9 Å². The maximum absolute atomic E-state index is 12.9. The van der Waals surface area contributed by atoms with Crippen LogP contribution in [0.4, 0.5) is 26.4 Å². The molecule has 5 rings (SSSR count). The molecule has 3 N–H and O–H groups in total. The number of ether oxygens (including phenoxy) is 1. The zero-order valence-electron chi connectivity index (χ0n) is 16.9. The van der Waals surface area contributed by atoms with Crippen LogP contribution in [0, 0.1) is 5.95 Å². The summed E-state index contributed by atoms with van der Waals surface area (Å²) in [6.45, 7) is 2.79. The van der Waals surface area contributed by atoms with Gasteiger partial charge in [-0.2, -0.15) is 9.49 Å². The number of fused-ring (bicyclic) bond motifs is 1. The Bertz CT molecular complexity index is 1240. The molecule has 1 saturated heterocycles. The second kappa shape index (κ2) is 8.55. The summed E-state index contributed by atoms with van der Waals surface area (Å²) in [6, 6.07) is 9.31. The molecule has 4 aromatic rings. The molecular formula is C21H19FN8O2. The predicted molar refractivity (Wildman–Crippen MR) is 117 cm³/mol. The van der Waals surface area contributed by atoms with Gasteiger partial charge in [-0.3, -0.25) is 5.10 Å². The Labute approximate surface area is 181 Å². The van der Waals surface area contributed by atoms with Crippen molar-refractivity contribution in [3.05, 3.63) is 54.7 Å². The topological polar surface area (TPSA) is 121 Å². The largest absolute Gasteiger partial charge is 0.378 e. The lowest BCUT2D eigenvalue weighted by Crippen LogP contribution is -2.37. The van der Waals surface area contributed by atoms with E-state index in [9.17, 15) is 9.18 Å². The van der Waals surface area contributed by atoms with Crippen LogP contribution in [-0.2, 0) is 4.74 Å². The first-order chi connectivity index (χ1) is 15.7. The summed E-state index contributed by atoms with van der Waals surface area (Å²) in [4.78, 5) is 27.2. The fourth-order valence-electron chi connectivity index (χ4n) is 3.41. The molecule has 32 heavy (non-hydrogen) atoms. The van der Waals surface area contributed by atoms with E-state index in [0.717, 1.165) is 29.9 Å². The average Bonchev–Trinajstić information content (AvgIpc) is 3.30. The minimum absolute atomic E-state index is 0.387. The van der Waals surface area contributed by atoms with Gasteiger partial charge in [0.2, 0.25) is 5.95 Å². The van der Waals surface area contributed by atoms with Gasteiger partial charge in [-0.25, -0.2) is 19.7 Å². The molecule has 4 heterocycles. The third kappa shape index (κ3) is 4.18. The standard InChI is InChI=1S/C21H19FN8O2/c22-17-6-5-15(11-23-17)26-21(31)25-14-3-1-13(2-4-14)18-27-19-16(12-24-29-19)20(28-18)30-7-9-32-10-8-30/h1-6,11-12H,7-10H2,(H2,25,26,31)(H,24,27,28,29). The Kier molecular flexibility index (Phi) is 5.30.